The quantitative estimate of drug-likeness (QED) is 0.751. The molecule has 1 aromatic heterocycles. The van der Waals surface area contributed by atoms with Crippen LogP contribution in [0, 0.1) is 0 Å². The largest absolute Gasteiger partial charge is 0.377 e. The van der Waals surface area contributed by atoms with Crippen LogP contribution < -0.4 is 5.32 Å². The number of nitrogens with one attached hydrogen (secondary N) is 1. The molecule has 82 valence electrons. The van der Waals surface area contributed by atoms with Gasteiger partial charge in [0.05, 0.1) is 38.2 Å². The van der Waals surface area contributed by atoms with Gasteiger partial charge >= 0.3 is 0 Å². The maximum atomic E-state index is 5.66. The van der Waals surface area contributed by atoms with Crippen molar-refractivity contribution in [2.24, 2.45) is 0 Å². The van der Waals surface area contributed by atoms with Crippen molar-refractivity contribution in [1.82, 2.24) is 15.1 Å². The van der Waals surface area contributed by atoms with Gasteiger partial charge in [0.1, 0.15) is 0 Å². The second kappa shape index (κ2) is 3.92. The maximum Gasteiger partial charge on any atom is 0.0985 e. The van der Waals surface area contributed by atoms with Gasteiger partial charge in [0, 0.05) is 24.8 Å². The lowest BCUT2D eigenvalue weighted by atomic mass is 10.2. The summed E-state index contributed by atoms with van der Waals surface area (Å²) in [6.07, 6.45) is 4.13. The monoisotopic (exact) mass is 209 g/mol. The van der Waals surface area contributed by atoms with E-state index >= 15 is 0 Å². The highest BCUT2D eigenvalue weighted by Gasteiger charge is 2.23. The first kappa shape index (κ1) is 9.33. The van der Waals surface area contributed by atoms with Crippen LogP contribution in [0.5, 0.6) is 0 Å². The molecule has 2 fully saturated rings. The number of ether oxygens (including phenoxy) is 2. The highest BCUT2D eigenvalue weighted by atomic mass is 16.5. The second-order valence-corrected chi connectivity index (χ2v) is 4.01. The van der Waals surface area contributed by atoms with E-state index in [0.717, 1.165) is 38.5 Å². The highest BCUT2D eigenvalue weighted by Crippen LogP contribution is 2.21. The molecule has 2 saturated heterocycles. The Bertz CT molecular complexity index is 329. The third-order valence-corrected chi connectivity index (χ3v) is 2.92. The van der Waals surface area contributed by atoms with Crippen LogP contribution >= 0.6 is 0 Å². The van der Waals surface area contributed by atoms with Gasteiger partial charge in [-0.25, -0.2) is 0 Å². The highest BCUT2D eigenvalue weighted by molar-refractivity contribution is 5.10. The summed E-state index contributed by atoms with van der Waals surface area (Å²) in [5, 5.41) is 7.66. The van der Waals surface area contributed by atoms with E-state index in [1.807, 2.05) is 10.9 Å². The van der Waals surface area contributed by atoms with Crippen molar-refractivity contribution in [1.29, 1.82) is 0 Å². The first-order valence-corrected chi connectivity index (χ1v) is 5.37. The summed E-state index contributed by atoms with van der Waals surface area (Å²) < 4.78 is 12.8. The summed E-state index contributed by atoms with van der Waals surface area (Å²) >= 11 is 0. The molecule has 5 nitrogen and oxygen atoms in total. The van der Waals surface area contributed by atoms with Crippen LogP contribution in [0.2, 0.25) is 0 Å². The average Bonchev–Trinajstić information content (AvgIpc) is 2.66. The van der Waals surface area contributed by atoms with E-state index in [0.29, 0.717) is 6.04 Å². The number of rotatable bonds is 2. The molecule has 0 aliphatic carbocycles. The number of hydrogen-bond acceptors (Lipinski definition) is 4. The van der Waals surface area contributed by atoms with Crippen molar-refractivity contribution in [2.45, 2.75) is 12.1 Å². The minimum Gasteiger partial charge on any atom is -0.377 e. The van der Waals surface area contributed by atoms with Crippen LogP contribution in [0.1, 0.15) is 17.7 Å². The molecule has 3 rings (SSSR count). The van der Waals surface area contributed by atoms with Gasteiger partial charge in [-0.2, -0.15) is 5.10 Å². The number of nitrogens with zero attached hydrogens (tertiary/aromatic N) is 2. The van der Waals surface area contributed by atoms with E-state index in [1.165, 1.54) is 0 Å². The van der Waals surface area contributed by atoms with Gasteiger partial charge in [0.25, 0.3) is 0 Å². The van der Waals surface area contributed by atoms with Crippen LogP contribution in [0.3, 0.4) is 0 Å². The number of morpholine rings is 1. The SMILES string of the molecule is c1nn(C2COC2)cc1C1CNCCO1. The van der Waals surface area contributed by atoms with E-state index in [1.54, 1.807) is 0 Å². The minimum atomic E-state index is 0.161. The van der Waals surface area contributed by atoms with E-state index in [2.05, 4.69) is 16.6 Å². The Balaban J connectivity index is 1.71. The first-order chi connectivity index (χ1) is 7.43. The molecule has 1 aromatic rings. The smallest absolute Gasteiger partial charge is 0.0985 e. The first-order valence-electron chi connectivity index (χ1n) is 5.37. The minimum absolute atomic E-state index is 0.161. The fourth-order valence-corrected chi connectivity index (χ4v) is 1.87. The Kier molecular flexibility index (Phi) is 2.44. The summed E-state index contributed by atoms with van der Waals surface area (Å²) in [7, 11) is 0. The summed E-state index contributed by atoms with van der Waals surface area (Å²) in [4.78, 5) is 0. The van der Waals surface area contributed by atoms with Crippen LogP contribution in [0.25, 0.3) is 0 Å². The zero-order valence-electron chi connectivity index (χ0n) is 8.56. The second-order valence-electron chi connectivity index (χ2n) is 4.01. The predicted molar refractivity (Wildman–Crippen MR) is 53.6 cm³/mol. The summed E-state index contributed by atoms with van der Waals surface area (Å²) in [6, 6.07) is 0.426. The molecule has 3 heterocycles. The molecule has 15 heavy (non-hydrogen) atoms. The molecule has 2 aliphatic heterocycles. The van der Waals surface area contributed by atoms with Gasteiger partial charge in [-0.15, -0.1) is 0 Å². The maximum absolute atomic E-state index is 5.66. The average molecular weight is 209 g/mol. The van der Waals surface area contributed by atoms with Crippen molar-refractivity contribution in [3.8, 4) is 0 Å². The topological polar surface area (TPSA) is 48.3 Å². The molecular formula is C10H15N3O2. The number of aromatic nitrogens is 2. The molecule has 0 aromatic carbocycles. The van der Waals surface area contributed by atoms with E-state index in [-0.39, 0.29) is 6.10 Å². The summed E-state index contributed by atoms with van der Waals surface area (Å²) in [5.41, 5.74) is 1.16. The van der Waals surface area contributed by atoms with Crippen molar-refractivity contribution < 1.29 is 9.47 Å². The third-order valence-electron chi connectivity index (χ3n) is 2.92. The normalized spacial score (nSPS) is 27.6. The van der Waals surface area contributed by atoms with Gasteiger partial charge in [-0.1, -0.05) is 0 Å². The molecule has 5 heteroatoms. The lowest BCUT2D eigenvalue weighted by Gasteiger charge is -2.26. The molecule has 1 atom stereocenters. The molecule has 0 saturated carbocycles. The summed E-state index contributed by atoms with van der Waals surface area (Å²) in [5.74, 6) is 0. The van der Waals surface area contributed by atoms with Gasteiger partial charge in [0.2, 0.25) is 0 Å². The molecular weight excluding hydrogens is 194 g/mol. The van der Waals surface area contributed by atoms with Crippen LogP contribution in [-0.2, 0) is 9.47 Å². The molecule has 1 N–H and O–H groups in total. The standard InChI is InChI=1S/C10H15N3O2/c1-2-15-10(4-11-1)8-3-12-13(5-8)9-6-14-7-9/h3,5,9-11H,1-2,4,6-7H2. The van der Waals surface area contributed by atoms with Crippen molar-refractivity contribution in [2.75, 3.05) is 32.9 Å². The summed E-state index contributed by atoms with van der Waals surface area (Å²) in [6.45, 7) is 4.17. The van der Waals surface area contributed by atoms with Crippen molar-refractivity contribution in [3.05, 3.63) is 18.0 Å². The molecule has 0 bridgehead atoms. The Hall–Kier alpha value is -0.910. The van der Waals surface area contributed by atoms with Gasteiger partial charge in [-0.05, 0) is 0 Å². The van der Waals surface area contributed by atoms with Crippen molar-refractivity contribution >= 4 is 0 Å². The predicted octanol–water partition coefficient (Wildman–Crippen LogP) is 0.115. The van der Waals surface area contributed by atoms with Crippen LogP contribution in [-0.4, -0.2) is 42.7 Å². The van der Waals surface area contributed by atoms with Gasteiger partial charge in [0.15, 0.2) is 0 Å². The Labute approximate surface area is 88.4 Å². The Morgan fingerprint density at radius 2 is 2.40 bits per heavy atom. The van der Waals surface area contributed by atoms with E-state index in [9.17, 15) is 0 Å². The van der Waals surface area contributed by atoms with E-state index in [4.69, 9.17) is 9.47 Å². The molecule has 0 radical (unpaired) electrons. The third kappa shape index (κ3) is 1.78. The zero-order chi connectivity index (χ0) is 10.1. The Morgan fingerprint density at radius 1 is 1.47 bits per heavy atom. The van der Waals surface area contributed by atoms with Gasteiger partial charge < -0.3 is 14.8 Å². The lowest BCUT2D eigenvalue weighted by Crippen LogP contribution is -2.33. The fourth-order valence-electron chi connectivity index (χ4n) is 1.87. The van der Waals surface area contributed by atoms with Gasteiger partial charge in [-0.3, -0.25) is 4.68 Å². The van der Waals surface area contributed by atoms with E-state index < -0.39 is 0 Å². The van der Waals surface area contributed by atoms with Crippen molar-refractivity contribution in [3.63, 3.8) is 0 Å². The Morgan fingerprint density at radius 3 is 3.07 bits per heavy atom. The number of hydrogen-bond donors (Lipinski definition) is 1. The lowest BCUT2D eigenvalue weighted by molar-refractivity contribution is -0.0289. The molecule has 0 spiro atoms. The van der Waals surface area contributed by atoms with Crippen LogP contribution in [0.15, 0.2) is 12.4 Å². The van der Waals surface area contributed by atoms with Crippen LogP contribution in [0.4, 0.5) is 0 Å². The zero-order valence-corrected chi connectivity index (χ0v) is 8.56. The molecule has 2 aliphatic rings. The molecule has 0 amide bonds. The fraction of sp³-hybridized carbons (Fsp3) is 0.700. The molecule has 1 unspecified atom stereocenters.